The van der Waals surface area contributed by atoms with Gasteiger partial charge < -0.3 is 20.0 Å². The van der Waals surface area contributed by atoms with Crippen LogP contribution in [0.2, 0.25) is 0 Å². The Morgan fingerprint density at radius 1 is 1.42 bits per heavy atom. The molecule has 0 atom stereocenters. The number of anilines is 1. The van der Waals surface area contributed by atoms with Gasteiger partial charge in [0.2, 0.25) is 12.1 Å². The van der Waals surface area contributed by atoms with Gasteiger partial charge >= 0.3 is 5.82 Å². The van der Waals surface area contributed by atoms with Crippen LogP contribution in [-0.4, -0.2) is 36.3 Å². The Morgan fingerprint density at radius 3 is 2.84 bits per heavy atom. The number of aromatic nitrogens is 4. The third kappa shape index (κ3) is 3.05. The van der Waals surface area contributed by atoms with Gasteiger partial charge in [-0.05, 0) is 9.91 Å². The minimum Gasteiger partial charge on any atom is -0.363 e. The lowest BCUT2D eigenvalue weighted by Gasteiger charge is -2.06. The van der Waals surface area contributed by atoms with Gasteiger partial charge in [0.05, 0.1) is 0 Å². The summed E-state index contributed by atoms with van der Waals surface area (Å²) in [6, 6.07) is 0. The first-order valence-electron chi connectivity index (χ1n) is 5.59. The fourth-order valence-corrected chi connectivity index (χ4v) is 2.34. The maximum atomic E-state index is 10.8. The number of hydrogen-bond acceptors (Lipinski definition) is 6. The SMILES string of the molecule is Cn1ccnc1SCCNc1c([N+](=O)[O-])ncn1C. The summed E-state index contributed by atoms with van der Waals surface area (Å²) in [6.45, 7) is 0.595. The Kier molecular flexibility index (Phi) is 4.05. The van der Waals surface area contributed by atoms with Crippen LogP contribution in [0, 0.1) is 10.1 Å². The maximum absolute atomic E-state index is 10.8. The summed E-state index contributed by atoms with van der Waals surface area (Å²) < 4.78 is 3.53. The van der Waals surface area contributed by atoms with Crippen LogP contribution in [0.4, 0.5) is 11.6 Å². The fraction of sp³-hybridized carbons (Fsp3) is 0.400. The number of imidazole rings is 2. The predicted octanol–water partition coefficient (Wildman–Crippen LogP) is 1.27. The van der Waals surface area contributed by atoms with Gasteiger partial charge in [0.15, 0.2) is 5.16 Å². The lowest BCUT2D eigenvalue weighted by atomic mass is 10.6. The second kappa shape index (κ2) is 5.74. The van der Waals surface area contributed by atoms with Gasteiger partial charge in [-0.1, -0.05) is 11.8 Å². The van der Waals surface area contributed by atoms with Gasteiger partial charge in [-0.2, -0.15) is 0 Å². The summed E-state index contributed by atoms with van der Waals surface area (Å²) in [4.78, 5) is 18.2. The molecule has 0 saturated carbocycles. The Balaban J connectivity index is 1.88. The molecule has 1 N–H and O–H groups in total. The highest BCUT2D eigenvalue weighted by Crippen LogP contribution is 2.21. The lowest BCUT2D eigenvalue weighted by molar-refractivity contribution is -0.388. The minimum absolute atomic E-state index is 0.149. The topological polar surface area (TPSA) is 90.8 Å². The van der Waals surface area contributed by atoms with Crippen molar-refractivity contribution in [3.8, 4) is 0 Å². The van der Waals surface area contributed by atoms with E-state index in [-0.39, 0.29) is 5.82 Å². The molecule has 0 bridgehead atoms. The van der Waals surface area contributed by atoms with Crippen LogP contribution < -0.4 is 5.32 Å². The van der Waals surface area contributed by atoms with Crippen LogP contribution >= 0.6 is 11.8 Å². The molecule has 2 rings (SSSR count). The Labute approximate surface area is 114 Å². The third-order valence-corrected chi connectivity index (χ3v) is 3.55. The number of hydrogen-bond donors (Lipinski definition) is 1. The fourth-order valence-electron chi connectivity index (χ4n) is 1.56. The highest BCUT2D eigenvalue weighted by Gasteiger charge is 2.19. The first kappa shape index (κ1) is 13.4. The highest BCUT2D eigenvalue weighted by molar-refractivity contribution is 7.99. The third-order valence-electron chi connectivity index (χ3n) is 2.49. The van der Waals surface area contributed by atoms with E-state index in [1.165, 1.54) is 6.33 Å². The number of nitrogens with one attached hydrogen (secondary N) is 1. The largest absolute Gasteiger partial charge is 0.406 e. The van der Waals surface area contributed by atoms with Crippen molar-refractivity contribution in [3.05, 3.63) is 28.8 Å². The van der Waals surface area contributed by atoms with E-state index in [1.54, 1.807) is 29.6 Å². The molecule has 0 fully saturated rings. The van der Waals surface area contributed by atoms with E-state index < -0.39 is 4.92 Å². The minimum atomic E-state index is -0.492. The first-order valence-corrected chi connectivity index (χ1v) is 6.58. The van der Waals surface area contributed by atoms with E-state index in [2.05, 4.69) is 15.3 Å². The van der Waals surface area contributed by atoms with Crippen molar-refractivity contribution in [1.82, 2.24) is 19.1 Å². The zero-order chi connectivity index (χ0) is 13.8. The second-order valence-electron chi connectivity index (χ2n) is 3.88. The molecule has 19 heavy (non-hydrogen) atoms. The number of rotatable bonds is 6. The molecule has 0 aromatic carbocycles. The molecule has 0 aliphatic carbocycles. The molecule has 2 aromatic heterocycles. The Hall–Kier alpha value is -2.03. The zero-order valence-electron chi connectivity index (χ0n) is 10.6. The van der Waals surface area contributed by atoms with E-state index in [0.717, 1.165) is 10.9 Å². The van der Waals surface area contributed by atoms with Crippen molar-refractivity contribution in [2.75, 3.05) is 17.6 Å². The highest BCUT2D eigenvalue weighted by atomic mass is 32.2. The van der Waals surface area contributed by atoms with E-state index in [9.17, 15) is 10.1 Å². The smallest absolute Gasteiger partial charge is 0.363 e. The second-order valence-corrected chi connectivity index (χ2v) is 4.94. The maximum Gasteiger partial charge on any atom is 0.406 e. The average molecular weight is 282 g/mol. The van der Waals surface area contributed by atoms with Crippen LogP contribution in [0.25, 0.3) is 0 Å². The zero-order valence-corrected chi connectivity index (χ0v) is 11.4. The van der Waals surface area contributed by atoms with Crippen molar-refractivity contribution in [1.29, 1.82) is 0 Å². The molecule has 0 radical (unpaired) electrons. The van der Waals surface area contributed by atoms with E-state index in [1.807, 2.05) is 17.8 Å². The first-order chi connectivity index (χ1) is 9.09. The van der Waals surface area contributed by atoms with Gasteiger partial charge in [0.1, 0.15) is 0 Å². The Morgan fingerprint density at radius 2 is 2.21 bits per heavy atom. The van der Waals surface area contributed by atoms with Gasteiger partial charge in [-0.25, -0.2) is 4.98 Å². The van der Waals surface area contributed by atoms with Gasteiger partial charge in [-0.15, -0.1) is 0 Å². The van der Waals surface area contributed by atoms with Crippen molar-refractivity contribution >= 4 is 23.4 Å². The van der Waals surface area contributed by atoms with Gasteiger partial charge in [0, 0.05) is 38.8 Å². The summed E-state index contributed by atoms with van der Waals surface area (Å²) in [7, 11) is 3.64. The standard InChI is InChI=1S/C10H14N6O2S/c1-14-5-3-12-10(14)19-6-4-11-8-9(16(17)18)13-7-15(8)2/h3,5,7,11H,4,6H2,1-2H3. The average Bonchev–Trinajstić information content (AvgIpc) is 2.92. The van der Waals surface area contributed by atoms with Crippen LogP contribution in [0.3, 0.4) is 0 Å². The molecule has 2 aromatic rings. The van der Waals surface area contributed by atoms with Crippen LogP contribution in [0.5, 0.6) is 0 Å². The molecule has 0 aliphatic rings. The number of nitro groups is 1. The molecule has 2 heterocycles. The molecule has 8 nitrogen and oxygen atoms in total. The molecule has 0 aliphatic heterocycles. The summed E-state index contributed by atoms with van der Waals surface area (Å²) >= 11 is 1.59. The van der Waals surface area contributed by atoms with Gasteiger partial charge in [0.25, 0.3) is 0 Å². The van der Waals surface area contributed by atoms with Crippen LogP contribution in [0.15, 0.2) is 23.9 Å². The summed E-state index contributed by atoms with van der Waals surface area (Å²) in [6.07, 6.45) is 5.04. The molecule has 0 saturated heterocycles. The monoisotopic (exact) mass is 282 g/mol. The molecule has 0 unspecified atom stereocenters. The number of aryl methyl sites for hydroxylation is 2. The van der Waals surface area contributed by atoms with Crippen molar-refractivity contribution in [2.24, 2.45) is 14.1 Å². The molecular weight excluding hydrogens is 268 g/mol. The molecule has 0 spiro atoms. The molecule has 102 valence electrons. The number of thioether (sulfide) groups is 1. The van der Waals surface area contributed by atoms with Crippen LogP contribution in [0.1, 0.15) is 0 Å². The lowest BCUT2D eigenvalue weighted by Crippen LogP contribution is -2.09. The van der Waals surface area contributed by atoms with Crippen LogP contribution in [-0.2, 0) is 14.1 Å². The van der Waals surface area contributed by atoms with Gasteiger partial charge in [-0.3, -0.25) is 4.57 Å². The predicted molar refractivity (Wildman–Crippen MR) is 72.3 cm³/mol. The molecule has 9 heteroatoms. The van der Waals surface area contributed by atoms with Crippen molar-refractivity contribution in [2.45, 2.75) is 5.16 Å². The normalized spacial score (nSPS) is 10.6. The Bertz CT molecular complexity index is 578. The van der Waals surface area contributed by atoms with Crippen molar-refractivity contribution in [3.63, 3.8) is 0 Å². The van der Waals surface area contributed by atoms with E-state index in [4.69, 9.17) is 0 Å². The summed E-state index contributed by atoms with van der Waals surface area (Å²) in [5.41, 5.74) is 0. The number of nitrogens with zero attached hydrogens (tertiary/aromatic N) is 5. The van der Waals surface area contributed by atoms with Crippen molar-refractivity contribution < 1.29 is 4.92 Å². The van der Waals surface area contributed by atoms with E-state index >= 15 is 0 Å². The summed E-state index contributed by atoms with van der Waals surface area (Å²) in [5, 5.41) is 14.7. The molecular formula is C10H14N6O2S. The quantitative estimate of drug-likeness (QED) is 0.371. The van der Waals surface area contributed by atoms with E-state index in [0.29, 0.717) is 12.4 Å². The summed E-state index contributed by atoms with van der Waals surface area (Å²) in [5.74, 6) is 1.03. The molecule has 0 amide bonds.